The number of hydrogen-bond acceptors (Lipinski definition) is 2. The fourth-order valence-electron chi connectivity index (χ4n) is 0.994. The Morgan fingerprint density at radius 3 is 2.62 bits per heavy atom. The molecule has 3 heteroatoms. The Morgan fingerprint density at radius 1 is 1.46 bits per heavy atom. The Kier molecular flexibility index (Phi) is 8.10. The highest BCUT2D eigenvalue weighted by molar-refractivity contribution is 9.09. The molecule has 0 aromatic carbocycles. The zero-order valence-corrected chi connectivity index (χ0v) is 9.89. The van der Waals surface area contributed by atoms with E-state index in [0.717, 1.165) is 18.4 Å². The Morgan fingerprint density at radius 2 is 2.15 bits per heavy atom. The summed E-state index contributed by atoms with van der Waals surface area (Å²) in [7, 11) is 1.41. The second-order valence-electron chi connectivity index (χ2n) is 2.85. The molecule has 0 atom stereocenters. The summed E-state index contributed by atoms with van der Waals surface area (Å²) in [6.07, 6.45) is 6.48. The van der Waals surface area contributed by atoms with Gasteiger partial charge in [-0.05, 0) is 12.8 Å². The van der Waals surface area contributed by atoms with E-state index in [0.29, 0.717) is 5.33 Å². The second kappa shape index (κ2) is 8.30. The van der Waals surface area contributed by atoms with Gasteiger partial charge in [-0.15, -0.1) is 0 Å². The largest absolute Gasteiger partial charge is 0.466 e. The number of alkyl halides is 1. The van der Waals surface area contributed by atoms with Gasteiger partial charge in [0.1, 0.15) is 0 Å². The summed E-state index contributed by atoms with van der Waals surface area (Å²) in [4.78, 5) is 11.1. The summed E-state index contributed by atoms with van der Waals surface area (Å²) in [6.45, 7) is 2.16. The summed E-state index contributed by atoms with van der Waals surface area (Å²) in [6, 6.07) is 0. The molecule has 0 spiro atoms. The number of carbonyl (C=O) groups is 1. The van der Waals surface area contributed by atoms with E-state index in [1.165, 1.54) is 20.0 Å². The molecule has 0 unspecified atom stereocenters. The summed E-state index contributed by atoms with van der Waals surface area (Å²) in [5, 5.41) is 0.575. The van der Waals surface area contributed by atoms with Crippen LogP contribution in [0.4, 0.5) is 0 Å². The van der Waals surface area contributed by atoms with Crippen LogP contribution in [-0.2, 0) is 9.53 Å². The van der Waals surface area contributed by atoms with Gasteiger partial charge in [-0.25, -0.2) is 4.79 Å². The van der Waals surface area contributed by atoms with Crippen LogP contribution in [0, 0.1) is 0 Å². The molecule has 0 fully saturated rings. The molecule has 2 nitrogen and oxygen atoms in total. The lowest BCUT2D eigenvalue weighted by molar-refractivity contribution is -0.135. The van der Waals surface area contributed by atoms with Crippen molar-refractivity contribution in [3.05, 3.63) is 11.6 Å². The number of allylic oxidation sites excluding steroid dienone is 1. The molecule has 0 radical (unpaired) electrons. The van der Waals surface area contributed by atoms with Crippen LogP contribution in [0.15, 0.2) is 11.6 Å². The van der Waals surface area contributed by atoms with Crippen LogP contribution in [-0.4, -0.2) is 18.4 Å². The van der Waals surface area contributed by atoms with Gasteiger partial charge in [0.2, 0.25) is 0 Å². The van der Waals surface area contributed by atoms with Gasteiger partial charge in [0, 0.05) is 10.9 Å². The van der Waals surface area contributed by atoms with Gasteiger partial charge in [-0.2, -0.15) is 0 Å². The van der Waals surface area contributed by atoms with Gasteiger partial charge in [-0.3, -0.25) is 0 Å². The molecule has 0 rings (SSSR count). The molecule has 0 aromatic rings. The van der Waals surface area contributed by atoms with Crippen LogP contribution in [0.1, 0.15) is 32.6 Å². The van der Waals surface area contributed by atoms with Gasteiger partial charge < -0.3 is 4.74 Å². The SMILES string of the molecule is CCCCC/C=C(\CBr)C(=O)OC. The van der Waals surface area contributed by atoms with Crippen molar-refractivity contribution in [2.45, 2.75) is 32.6 Å². The molecule has 0 saturated heterocycles. The molecule has 0 aliphatic carbocycles. The van der Waals surface area contributed by atoms with Crippen molar-refractivity contribution in [3.8, 4) is 0 Å². The summed E-state index contributed by atoms with van der Waals surface area (Å²) < 4.78 is 4.62. The van der Waals surface area contributed by atoms with Crippen molar-refractivity contribution in [3.63, 3.8) is 0 Å². The fraction of sp³-hybridized carbons (Fsp3) is 0.700. The third-order valence-electron chi connectivity index (χ3n) is 1.79. The number of unbranched alkanes of at least 4 members (excludes halogenated alkanes) is 3. The Labute approximate surface area is 88.5 Å². The zero-order valence-electron chi connectivity index (χ0n) is 8.31. The van der Waals surface area contributed by atoms with E-state index in [1.54, 1.807) is 0 Å². The summed E-state index contributed by atoms with van der Waals surface area (Å²) in [5.74, 6) is -0.228. The monoisotopic (exact) mass is 248 g/mol. The zero-order chi connectivity index (χ0) is 10.1. The molecule has 0 aromatic heterocycles. The molecule has 0 aliphatic rings. The van der Waals surface area contributed by atoms with E-state index in [-0.39, 0.29) is 5.97 Å². The maximum atomic E-state index is 11.1. The third kappa shape index (κ3) is 5.86. The Bertz CT molecular complexity index is 176. The van der Waals surface area contributed by atoms with E-state index in [1.807, 2.05) is 6.08 Å². The van der Waals surface area contributed by atoms with Crippen LogP contribution >= 0.6 is 15.9 Å². The van der Waals surface area contributed by atoms with Crippen molar-refractivity contribution < 1.29 is 9.53 Å². The van der Waals surface area contributed by atoms with Crippen molar-refractivity contribution >= 4 is 21.9 Å². The first-order valence-electron chi connectivity index (χ1n) is 4.59. The van der Waals surface area contributed by atoms with Gasteiger partial charge >= 0.3 is 5.97 Å². The highest BCUT2D eigenvalue weighted by atomic mass is 79.9. The smallest absolute Gasteiger partial charge is 0.334 e. The van der Waals surface area contributed by atoms with Gasteiger partial charge in [0.15, 0.2) is 0 Å². The molecule has 0 aliphatic heterocycles. The van der Waals surface area contributed by atoms with Crippen molar-refractivity contribution in [2.24, 2.45) is 0 Å². The minimum absolute atomic E-state index is 0.228. The van der Waals surface area contributed by atoms with Crippen LogP contribution < -0.4 is 0 Å². The van der Waals surface area contributed by atoms with E-state index >= 15 is 0 Å². The maximum Gasteiger partial charge on any atom is 0.334 e. The van der Waals surface area contributed by atoms with Crippen molar-refractivity contribution in [1.82, 2.24) is 0 Å². The van der Waals surface area contributed by atoms with Crippen LogP contribution in [0.25, 0.3) is 0 Å². The number of halogens is 1. The second-order valence-corrected chi connectivity index (χ2v) is 3.41. The van der Waals surface area contributed by atoms with E-state index in [4.69, 9.17) is 0 Å². The van der Waals surface area contributed by atoms with Crippen molar-refractivity contribution in [1.29, 1.82) is 0 Å². The van der Waals surface area contributed by atoms with Crippen molar-refractivity contribution in [2.75, 3.05) is 12.4 Å². The number of methoxy groups -OCH3 is 1. The summed E-state index contributed by atoms with van der Waals surface area (Å²) in [5.41, 5.74) is 0.721. The first kappa shape index (κ1) is 12.7. The lowest BCUT2D eigenvalue weighted by Crippen LogP contribution is -2.05. The minimum atomic E-state index is -0.228. The quantitative estimate of drug-likeness (QED) is 0.313. The Balaban J connectivity index is 3.85. The molecule has 0 N–H and O–H groups in total. The highest BCUT2D eigenvalue weighted by Crippen LogP contribution is 2.07. The number of carbonyl (C=O) groups excluding carboxylic acids is 1. The molecule has 0 saturated carbocycles. The highest BCUT2D eigenvalue weighted by Gasteiger charge is 2.05. The van der Waals surface area contributed by atoms with Crippen LogP contribution in [0.5, 0.6) is 0 Å². The number of ether oxygens (including phenoxy) is 1. The average molecular weight is 249 g/mol. The summed E-state index contributed by atoms with van der Waals surface area (Å²) >= 11 is 3.26. The topological polar surface area (TPSA) is 26.3 Å². The molecule has 76 valence electrons. The minimum Gasteiger partial charge on any atom is -0.466 e. The number of rotatable bonds is 6. The predicted molar refractivity (Wildman–Crippen MR) is 58.0 cm³/mol. The first-order valence-corrected chi connectivity index (χ1v) is 5.71. The van der Waals surface area contributed by atoms with E-state index in [9.17, 15) is 4.79 Å². The van der Waals surface area contributed by atoms with Crippen LogP contribution in [0.2, 0.25) is 0 Å². The third-order valence-corrected chi connectivity index (χ3v) is 2.39. The first-order chi connectivity index (χ1) is 6.26. The molecule has 0 bridgehead atoms. The van der Waals surface area contributed by atoms with Crippen LogP contribution in [0.3, 0.4) is 0 Å². The lowest BCUT2D eigenvalue weighted by atomic mass is 10.1. The lowest BCUT2D eigenvalue weighted by Gasteiger charge is -2.00. The maximum absolute atomic E-state index is 11.1. The van der Waals surface area contributed by atoms with E-state index < -0.39 is 0 Å². The van der Waals surface area contributed by atoms with Gasteiger partial charge in [0.05, 0.1) is 7.11 Å². The molecule has 0 heterocycles. The van der Waals surface area contributed by atoms with E-state index in [2.05, 4.69) is 27.6 Å². The molecule has 13 heavy (non-hydrogen) atoms. The fourth-order valence-corrected chi connectivity index (χ4v) is 1.45. The normalized spacial score (nSPS) is 11.5. The van der Waals surface area contributed by atoms with Gasteiger partial charge in [-0.1, -0.05) is 41.8 Å². The Hall–Kier alpha value is -0.310. The number of esters is 1. The molecular formula is C10H17BrO2. The predicted octanol–water partition coefficient (Wildman–Crippen LogP) is 3.06. The molecule has 0 amide bonds. The average Bonchev–Trinajstić information content (AvgIpc) is 2.17. The molecular weight excluding hydrogens is 232 g/mol. The standard InChI is InChI=1S/C10H17BrO2/c1-3-4-5-6-7-9(8-11)10(12)13-2/h7H,3-6,8H2,1-2H3/b9-7+. The van der Waals surface area contributed by atoms with Gasteiger partial charge in [0.25, 0.3) is 0 Å². The number of hydrogen-bond donors (Lipinski definition) is 0.